The van der Waals surface area contributed by atoms with Gasteiger partial charge in [0.1, 0.15) is 5.82 Å². The van der Waals surface area contributed by atoms with Crippen LogP contribution in [0.25, 0.3) is 0 Å². The van der Waals surface area contributed by atoms with Crippen molar-refractivity contribution in [3.63, 3.8) is 0 Å². The maximum absolute atomic E-state index is 12.8. The van der Waals surface area contributed by atoms with E-state index in [-0.39, 0.29) is 23.3 Å². The van der Waals surface area contributed by atoms with Crippen molar-refractivity contribution in [2.45, 2.75) is 44.7 Å². The minimum atomic E-state index is -0.374. The Morgan fingerprint density at radius 2 is 2.18 bits per heavy atom. The van der Waals surface area contributed by atoms with Gasteiger partial charge in [-0.2, -0.15) is 0 Å². The zero-order chi connectivity index (χ0) is 15.4. The van der Waals surface area contributed by atoms with Gasteiger partial charge in [-0.1, -0.05) is 6.42 Å². The van der Waals surface area contributed by atoms with E-state index in [4.69, 9.17) is 4.74 Å². The highest BCUT2D eigenvalue weighted by Gasteiger charge is 2.44. The number of hydrogen-bond donors (Lipinski definition) is 2. The largest absolute Gasteiger partial charge is 0.381 e. The van der Waals surface area contributed by atoms with Crippen LogP contribution in [0.1, 0.15) is 37.8 Å². The fourth-order valence-corrected chi connectivity index (χ4v) is 3.63. The molecule has 2 N–H and O–H groups in total. The maximum Gasteiger partial charge on any atom is 0.315 e. The van der Waals surface area contributed by atoms with Gasteiger partial charge >= 0.3 is 6.03 Å². The van der Waals surface area contributed by atoms with Gasteiger partial charge in [0.25, 0.3) is 0 Å². The first-order chi connectivity index (χ1) is 10.7. The van der Waals surface area contributed by atoms with Crippen molar-refractivity contribution in [3.8, 4) is 0 Å². The number of pyridine rings is 1. The molecule has 1 saturated heterocycles. The van der Waals surface area contributed by atoms with E-state index >= 15 is 0 Å². The van der Waals surface area contributed by atoms with Gasteiger partial charge in [-0.05, 0) is 43.2 Å². The van der Waals surface area contributed by atoms with Gasteiger partial charge in [-0.3, -0.25) is 4.98 Å². The molecule has 1 saturated carbocycles. The summed E-state index contributed by atoms with van der Waals surface area (Å²) < 4.78 is 18.2. The first-order valence-corrected chi connectivity index (χ1v) is 7.90. The number of hydrogen-bond acceptors (Lipinski definition) is 3. The third-order valence-electron chi connectivity index (χ3n) is 4.92. The maximum atomic E-state index is 12.8. The molecule has 120 valence electrons. The average molecular weight is 307 g/mol. The standard InChI is InChI=1S/C16H22FN3O2/c17-12-3-4-13(18-10-12)11-19-15(21)20-14-2-1-5-16(14)6-8-22-9-7-16/h3-4,10,14H,1-2,5-9,11H2,(H2,19,20,21)/t14-/m1/s1. The number of aromatic nitrogens is 1. The Bertz CT molecular complexity index is 515. The van der Waals surface area contributed by atoms with Crippen LogP contribution in [-0.2, 0) is 11.3 Å². The predicted octanol–water partition coefficient (Wildman–Crippen LogP) is 2.37. The van der Waals surface area contributed by atoms with Crippen molar-refractivity contribution < 1.29 is 13.9 Å². The quantitative estimate of drug-likeness (QED) is 0.901. The SMILES string of the molecule is O=C(NCc1ccc(F)cn1)N[C@@H]1CCCC12CCOCC2. The Morgan fingerprint density at radius 1 is 1.36 bits per heavy atom. The van der Waals surface area contributed by atoms with Gasteiger partial charge in [-0.25, -0.2) is 9.18 Å². The van der Waals surface area contributed by atoms with Crippen molar-refractivity contribution in [2.75, 3.05) is 13.2 Å². The summed E-state index contributed by atoms with van der Waals surface area (Å²) in [5.41, 5.74) is 0.854. The average Bonchev–Trinajstić information content (AvgIpc) is 2.89. The number of amides is 2. The third-order valence-corrected chi connectivity index (χ3v) is 4.92. The molecule has 0 bridgehead atoms. The van der Waals surface area contributed by atoms with Crippen LogP contribution in [-0.4, -0.2) is 30.3 Å². The van der Waals surface area contributed by atoms with E-state index in [9.17, 15) is 9.18 Å². The molecule has 3 rings (SSSR count). The number of halogens is 1. The molecule has 22 heavy (non-hydrogen) atoms. The zero-order valence-electron chi connectivity index (χ0n) is 12.6. The van der Waals surface area contributed by atoms with Crippen LogP contribution < -0.4 is 10.6 Å². The minimum Gasteiger partial charge on any atom is -0.381 e. The summed E-state index contributed by atoms with van der Waals surface area (Å²) in [7, 11) is 0. The Morgan fingerprint density at radius 3 is 2.91 bits per heavy atom. The monoisotopic (exact) mass is 307 g/mol. The summed E-state index contributed by atoms with van der Waals surface area (Å²) in [5, 5.41) is 5.91. The topological polar surface area (TPSA) is 63.2 Å². The van der Waals surface area contributed by atoms with E-state index in [1.165, 1.54) is 12.5 Å². The molecular weight excluding hydrogens is 285 g/mol. The minimum absolute atomic E-state index is 0.177. The lowest BCUT2D eigenvalue weighted by atomic mass is 9.75. The molecule has 2 amide bonds. The molecular formula is C16H22FN3O2. The van der Waals surface area contributed by atoms with Gasteiger partial charge in [0, 0.05) is 19.3 Å². The van der Waals surface area contributed by atoms with Crippen LogP contribution >= 0.6 is 0 Å². The molecule has 2 aliphatic rings. The van der Waals surface area contributed by atoms with Crippen molar-refractivity contribution >= 4 is 6.03 Å². The molecule has 1 aromatic heterocycles. The second kappa shape index (κ2) is 6.60. The number of urea groups is 1. The molecule has 6 heteroatoms. The van der Waals surface area contributed by atoms with Gasteiger partial charge in [0.2, 0.25) is 0 Å². The van der Waals surface area contributed by atoms with E-state index in [0.29, 0.717) is 12.2 Å². The lowest BCUT2D eigenvalue weighted by Gasteiger charge is -2.39. The number of ether oxygens (including phenoxy) is 1. The molecule has 1 aliphatic heterocycles. The molecule has 2 fully saturated rings. The molecule has 1 spiro atoms. The fraction of sp³-hybridized carbons (Fsp3) is 0.625. The van der Waals surface area contributed by atoms with Crippen LogP contribution in [0, 0.1) is 11.2 Å². The van der Waals surface area contributed by atoms with Crippen molar-refractivity contribution in [3.05, 3.63) is 29.8 Å². The van der Waals surface area contributed by atoms with E-state index in [0.717, 1.165) is 45.1 Å². The first-order valence-electron chi connectivity index (χ1n) is 7.90. The van der Waals surface area contributed by atoms with E-state index in [1.807, 2.05) is 0 Å². The van der Waals surface area contributed by atoms with E-state index < -0.39 is 0 Å². The van der Waals surface area contributed by atoms with E-state index in [2.05, 4.69) is 15.6 Å². The van der Waals surface area contributed by atoms with Crippen molar-refractivity contribution in [2.24, 2.45) is 5.41 Å². The van der Waals surface area contributed by atoms with Crippen LogP contribution in [0.4, 0.5) is 9.18 Å². The molecule has 2 heterocycles. The Balaban J connectivity index is 1.51. The number of nitrogens with one attached hydrogen (secondary N) is 2. The fourth-order valence-electron chi connectivity index (χ4n) is 3.63. The Labute approximate surface area is 129 Å². The zero-order valence-corrected chi connectivity index (χ0v) is 12.6. The predicted molar refractivity (Wildman–Crippen MR) is 79.7 cm³/mol. The highest BCUT2D eigenvalue weighted by atomic mass is 19.1. The summed E-state index contributed by atoms with van der Waals surface area (Å²) in [4.78, 5) is 16.0. The van der Waals surface area contributed by atoms with Gasteiger partial charge in [0.15, 0.2) is 0 Å². The van der Waals surface area contributed by atoms with Crippen LogP contribution in [0.15, 0.2) is 18.3 Å². The first kappa shape index (κ1) is 15.2. The molecule has 0 unspecified atom stereocenters. The van der Waals surface area contributed by atoms with Gasteiger partial charge in [0.05, 0.1) is 18.4 Å². The van der Waals surface area contributed by atoms with Gasteiger partial charge in [-0.15, -0.1) is 0 Å². The van der Waals surface area contributed by atoms with Crippen LogP contribution in [0.2, 0.25) is 0 Å². The summed E-state index contributed by atoms with van der Waals surface area (Å²) >= 11 is 0. The summed E-state index contributed by atoms with van der Waals surface area (Å²) in [5.74, 6) is -0.374. The summed E-state index contributed by atoms with van der Waals surface area (Å²) in [6, 6.07) is 2.96. The lowest BCUT2D eigenvalue weighted by Crippen LogP contribution is -2.50. The number of rotatable bonds is 3. The number of carbonyl (C=O) groups excluding carboxylic acids is 1. The third kappa shape index (κ3) is 3.38. The molecule has 1 aromatic rings. The Kier molecular flexibility index (Phi) is 4.57. The smallest absolute Gasteiger partial charge is 0.315 e. The molecule has 0 aromatic carbocycles. The number of carbonyl (C=O) groups is 1. The Hall–Kier alpha value is -1.69. The van der Waals surface area contributed by atoms with Crippen LogP contribution in [0.3, 0.4) is 0 Å². The van der Waals surface area contributed by atoms with Crippen LogP contribution in [0.5, 0.6) is 0 Å². The second-order valence-electron chi connectivity index (χ2n) is 6.21. The summed E-state index contributed by atoms with van der Waals surface area (Å²) in [6.07, 6.45) is 6.56. The van der Waals surface area contributed by atoms with E-state index in [1.54, 1.807) is 6.07 Å². The number of nitrogens with zero attached hydrogens (tertiary/aromatic N) is 1. The highest BCUT2D eigenvalue weighted by Crippen LogP contribution is 2.45. The molecule has 1 aliphatic carbocycles. The summed E-state index contributed by atoms with van der Waals surface area (Å²) in [6.45, 7) is 1.88. The lowest BCUT2D eigenvalue weighted by molar-refractivity contribution is 0.00623. The van der Waals surface area contributed by atoms with Gasteiger partial charge < -0.3 is 15.4 Å². The molecule has 0 radical (unpaired) electrons. The normalized spacial score (nSPS) is 23.4. The second-order valence-corrected chi connectivity index (χ2v) is 6.21. The highest BCUT2D eigenvalue weighted by molar-refractivity contribution is 5.74. The molecule has 1 atom stereocenters. The van der Waals surface area contributed by atoms with Crippen molar-refractivity contribution in [1.82, 2.24) is 15.6 Å². The van der Waals surface area contributed by atoms with Crippen molar-refractivity contribution in [1.29, 1.82) is 0 Å². The molecule has 5 nitrogen and oxygen atoms in total.